The summed E-state index contributed by atoms with van der Waals surface area (Å²) >= 11 is 5.76. The van der Waals surface area contributed by atoms with Crippen LogP contribution in [0.3, 0.4) is 0 Å². The zero-order valence-corrected chi connectivity index (χ0v) is 13.1. The maximum atomic E-state index is 13.2. The van der Waals surface area contributed by atoms with Crippen molar-refractivity contribution < 1.29 is 8.91 Å². The maximum Gasteiger partial charge on any atom is 0.228 e. The van der Waals surface area contributed by atoms with Crippen molar-refractivity contribution in [2.45, 2.75) is 32.7 Å². The standard InChI is InChI=1S/C15H19ClFN3O/c1-9(2)6-11(18-3)8-14-19-15(20-21-14)10-4-5-13(17)12(16)7-10/h4-5,7,9,11,18H,6,8H2,1-3H3. The van der Waals surface area contributed by atoms with E-state index in [2.05, 4.69) is 29.3 Å². The first kappa shape index (κ1) is 15.9. The summed E-state index contributed by atoms with van der Waals surface area (Å²) in [5, 5.41) is 7.23. The van der Waals surface area contributed by atoms with Gasteiger partial charge in [-0.2, -0.15) is 4.98 Å². The lowest BCUT2D eigenvalue weighted by atomic mass is 10.0. The topological polar surface area (TPSA) is 51.0 Å². The molecule has 1 aromatic carbocycles. The smallest absolute Gasteiger partial charge is 0.228 e. The fourth-order valence-electron chi connectivity index (χ4n) is 2.17. The third kappa shape index (κ3) is 4.25. The average molecular weight is 312 g/mol. The largest absolute Gasteiger partial charge is 0.339 e. The molecule has 4 nitrogen and oxygen atoms in total. The van der Waals surface area contributed by atoms with Gasteiger partial charge in [-0.3, -0.25) is 0 Å². The van der Waals surface area contributed by atoms with Crippen LogP contribution in [0.25, 0.3) is 11.4 Å². The van der Waals surface area contributed by atoms with Crippen LogP contribution in [0.4, 0.5) is 4.39 Å². The molecule has 0 radical (unpaired) electrons. The summed E-state index contributed by atoms with van der Waals surface area (Å²) in [6, 6.07) is 4.66. The van der Waals surface area contributed by atoms with Gasteiger partial charge in [-0.15, -0.1) is 0 Å². The van der Waals surface area contributed by atoms with E-state index < -0.39 is 5.82 Å². The number of hydrogen-bond acceptors (Lipinski definition) is 4. The van der Waals surface area contributed by atoms with Crippen molar-refractivity contribution in [1.82, 2.24) is 15.5 Å². The van der Waals surface area contributed by atoms with Gasteiger partial charge >= 0.3 is 0 Å². The van der Waals surface area contributed by atoms with Gasteiger partial charge in [-0.1, -0.05) is 30.6 Å². The number of rotatable bonds is 6. The van der Waals surface area contributed by atoms with Gasteiger partial charge < -0.3 is 9.84 Å². The van der Waals surface area contributed by atoms with Crippen molar-refractivity contribution in [2.75, 3.05) is 7.05 Å². The molecule has 1 heterocycles. The van der Waals surface area contributed by atoms with Crippen molar-refractivity contribution in [2.24, 2.45) is 5.92 Å². The van der Waals surface area contributed by atoms with Gasteiger partial charge in [0, 0.05) is 18.0 Å². The van der Waals surface area contributed by atoms with E-state index in [9.17, 15) is 4.39 Å². The van der Waals surface area contributed by atoms with Gasteiger partial charge in [0.2, 0.25) is 11.7 Å². The molecule has 0 aliphatic rings. The van der Waals surface area contributed by atoms with E-state index in [-0.39, 0.29) is 11.1 Å². The molecule has 114 valence electrons. The van der Waals surface area contributed by atoms with Crippen molar-refractivity contribution in [3.05, 3.63) is 34.9 Å². The maximum absolute atomic E-state index is 13.2. The van der Waals surface area contributed by atoms with Crippen LogP contribution in [0, 0.1) is 11.7 Å². The molecule has 1 aromatic heterocycles. The number of halogens is 2. The van der Waals surface area contributed by atoms with Crippen LogP contribution in [0.1, 0.15) is 26.2 Å². The first-order valence-electron chi connectivity index (χ1n) is 6.95. The molecule has 1 unspecified atom stereocenters. The second kappa shape index (κ2) is 7.00. The van der Waals surface area contributed by atoms with Crippen molar-refractivity contribution in [3.63, 3.8) is 0 Å². The highest BCUT2D eigenvalue weighted by atomic mass is 35.5. The van der Waals surface area contributed by atoms with Crippen LogP contribution in [0.15, 0.2) is 22.7 Å². The van der Waals surface area contributed by atoms with E-state index >= 15 is 0 Å². The molecule has 0 saturated heterocycles. The predicted octanol–water partition coefficient (Wildman–Crippen LogP) is 3.71. The summed E-state index contributed by atoms with van der Waals surface area (Å²) in [6.45, 7) is 4.34. The first-order chi connectivity index (χ1) is 9.99. The Labute approximate surface area is 128 Å². The SMILES string of the molecule is CNC(Cc1nc(-c2ccc(F)c(Cl)c2)no1)CC(C)C. The number of nitrogens with zero attached hydrogens (tertiary/aromatic N) is 2. The number of aromatic nitrogens is 2. The highest BCUT2D eigenvalue weighted by Crippen LogP contribution is 2.23. The molecule has 0 spiro atoms. The third-order valence-electron chi connectivity index (χ3n) is 3.23. The molecule has 0 aliphatic carbocycles. The van der Waals surface area contributed by atoms with Gasteiger partial charge in [0.05, 0.1) is 5.02 Å². The van der Waals surface area contributed by atoms with Crippen LogP contribution in [-0.2, 0) is 6.42 Å². The van der Waals surface area contributed by atoms with E-state index in [0.29, 0.717) is 29.6 Å². The highest BCUT2D eigenvalue weighted by Gasteiger charge is 2.15. The zero-order chi connectivity index (χ0) is 15.4. The predicted molar refractivity (Wildman–Crippen MR) is 80.7 cm³/mol. The Bertz CT molecular complexity index is 600. The van der Waals surface area contributed by atoms with Crippen molar-refractivity contribution in [1.29, 1.82) is 0 Å². The molecular formula is C15H19ClFN3O. The quantitative estimate of drug-likeness (QED) is 0.883. The molecule has 2 aromatic rings. The Hall–Kier alpha value is -1.46. The molecule has 0 amide bonds. The third-order valence-corrected chi connectivity index (χ3v) is 3.52. The fraction of sp³-hybridized carbons (Fsp3) is 0.467. The number of benzene rings is 1. The number of hydrogen-bond donors (Lipinski definition) is 1. The molecule has 0 saturated carbocycles. The Morgan fingerprint density at radius 2 is 2.14 bits per heavy atom. The van der Waals surface area contributed by atoms with Gasteiger partial charge in [0.15, 0.2) is 0 Å². The van der Waals surface area contributed by atoms with Crippen LogP contribution >= 0.6 is 11.6 Å². The summed E-state index contributed by atoms with van der Waals surface area (Å²) in [4.78, 5) is 4.35. The Balaban J connectivity index is 2.11. The molecule has 0 bridgehead atoms. The van der Waals surface area contributed by atoms with Crippen LogP contribution in [0.5, 0.6) is 0 Å². The van der Waals surface area contributed by atoms with Gasteiger partial charge in [-0.25, -0.2) is 4.39 Å². The lowest BCUT2D eigenvalue weighted by molar-refractivity contribution is 0.345. The van der Waals surface area contributed by atoms with E-state index in [1.807, 2.05) is 7.05 Å². The minimum absolute atomic E-state index is 0.0479. The van der Waals surface area contributed by atoms with Crippen molar-refractivity contribution in [3.8, 4) is 11.4 Å². The summed E-state index contributed by atoms with van der Waals surface area (Å²) in [5.41, 5.74) is 0.640. The van der Waals surface area contributed by atoms with Crippen LogP contribution in [-0.4, -0.2) is 23.2 Å². The summed E-state index contributed by atoms with van der Waals surface area (Å²) in [5.74, 6) is 1.11. The molecule has 6 heteroatoms. The zero-order valence-electron chi connectivity index (χ0n) is 12.4. The summed E-state index contributed by atoms with van der Waals surface area (Å²) in [7, 11) is 1.92. The first-order valence-corrected chi connectivity index (χ1v) is 7.32. The van der Waals surface area contributed by atoms with E-state index in [4.69, 9.17) is 16.1 Å². The molecule has 0 fully saturated rings. The second-order valence-electron chi connectivity index (χ2n) is 5.46. The summed E-state index contributed by atoms with van der Waals surface area (Å²) < 4.78 is 18.4. The number of likely N-dealkylation sites (N-methyl/N-ethyl adjacent to an activating group) is 1. The normalized spacial score (nSPS) is 12.9. The average Bonchev–Trinajstić information content (AvgIpc) is 2.89. The Kier molecular flexibility index (Phi) is 5.31. The lowest BCUT2D eigenvalue weighted by Crippen LogP contribution is -2.29. The second-order valence-corrected chi connectivity index (χ2v) is 5.87. The van der Waals surface area contributed by atoms with Gasteiger partial charge in [-0.05, 0) is 37.6 Å². The highest BCUT2D eigenvalue weighted by molar-refractivity contribution is 6.31. The molecule has 0 aliphatic heterocycles. The van der Waals surface area contributed by atoms with Crippen molar-refractivity contribution >= 4 is 11.6 Å². The Morgan fingerprint density at radius 1 is 1.38 bits per heavy atom. The van der Waals surface area contributed by atoms with Crippen LogP contribution in [0.2, 0.25) is 5.02 Å². The minimum Gasteiger partial charge on any atom is -0.339 e. The van der Waals surface area contributed by atoms with E-state index in [0.717, 1.165) is 6.42 Å². The summed E-state index contributed by atoms with van der Waals surface area (Å²) in [6.07, 6.45) is 1.69. The lowest BCUT2D eigenvalue weighted by Gasteiger charge is -2.15. The Morgan fingerprint density at radius 3 is 2.76 bits per heavy atom. The molecule has 2 rings (SSSR count). The van der Waals surface area contributed by atoms with Gasteiger partial charge in [0.1, 0.15) is 5.82 Å². The molecule has 1 N–H and O–H groups in total. The number of nitrogens with one attached hydrogen (secondary N) is 1. The van der Waals surface area contributed by atoms with Crippen LogP contribution < -0.4 is 5.32 Å². The fourth-order valence-corrected chi connectivity index (χ4v) is 2.35. The van der Waals surface area contributed by atoms with Gasteiger partial charge in [0.25, 0.3) is 0 Å². The van der Waals surface area contributed by atoms with E-state index in [1.54, 1.807) is 6.07 Å². The molecular weight excluding hydrogens is 293 g/mol. The molecule has 1 atom stereocenters. The molecule has 21 heavy (non-hydrogen) atoms. The minimum atomic E-state index is -0.462. The van der Waals surface area contributed by atoms with E-state index in [1.165, 1.54) is 12.1 Å². The monoisotopic (exact) mass is 311 g/mol.